The Morgan fingerprint density at radius 3 is 2.95 bits per heavy atom. The molecule has 1 aromatic heterocycles. The van der Waals surface area contributed by atoms with Crippen LogP contribution in [-0.4, -0.2) is 22.3 Å². The standard InChI is InChI=1S/C14H18BrN5.HI/c1-2-11-4-3-5-13(8-11)19-14(16)17-6-7-20-10-12(15)9-18-20;/h3-5,8-10H,2,6-7H2,1H3,(H3,16,17,19);1H. The van der Waals surface area contributed by atoms with Crippen LogP contribution in [0.4, 0.5) is 5.69 Å². The molecule has 0 spiro atoms. The van der Waals surface area contributed by atoms with E-state index in [4.69, 9.17) is 5.73 Å². The molecule has 1 aromatic carbocycles. The van der Waals surface area contributed by atoms with Gasteiger partial charge >= 0.3 is 0 Å². The van der Waals surface area contributed by atoms with E-state index in [2.05, 4.69) is 50.4 Å². The fourth-order valence-electron chi connectivity index (χ4n) is 1.79. The lowest BCUT2D eigenvalue weighted by atomic mass is 10.1. The first-order valence-corrected chi connectivity index (χ1v) is 7.30. The van der Waals surface area contributed by atoms with Crippen molar-refractivity contribution in [3.05, 3.63) is 46.7 Å². The minimum absolute atomic E-state index is 0. The minimum Gasteiger partial charge on any atom is -0.370 e. The maximum absolute atomic E-state index is 5.87. The van der Waals surface area contributed by atoms with Crippen molar-refractivity contribution in [3.8, 4) is 0 Å². The molecule has 0 fully saturated rings. The van der Waals surface area contributed by atoms with Crippen molar-refractivity contribution in [2.75, 3.05) is 11.9 Å². The van der Waals surface area contributed by atoms with Gasteiger partial charge in [-0.25, -0.2) is 0 Å². The van der Waals surface area contributed by atoms with E-state index in [9.17, 15) is 0 Å². The zero-order valence-electron chi connectivity index (χ0n) is 11.8. The summed E-state index contributed by atoms with van der Waals surface area (Å²) in [5.41, 5.74) is 8.10. The van der Waals surface area contributed by atoms with Crippen LogP contribution in [0.15, 0.2) is 46.1 Å². The van der Waals surface area contributed by atoms with Gasteiger partial charge in [-0.05, 0) is 40.0 Å². The maximum atomic E-state index is 5.87. The molecule has 0 bridgehead atoms. The first-order chi connectivity index (χ1) is 9.67. The highest BCUT2D eigenvalue weighted by Crippen LogP contribution is 2.10. The molecule has 5 nitrogen and oxygen atoms in total. The van der Waals surface area contributed by atoms with Gasteiger partial charge in [0.2, 0.25) is 0 Å². The van der Waals surface area contributed by atoms with Gasteiger partial charge in [0.05, 0.1) is 23.8 Å². The van der Waals surface area contributed by atoms with Crippen LogP contribution in [0, 0.1) is 0 Å². The topological polar surface area (TPSA) is 68.2 Å². The molecule has 2 aromatic rings. The predicted molar refractivity (Wildman–Crippen MR) is 101 cm³/mol. The van der Waals surface area contributed by atoms with E-state index in [0.29, 0.717) is 19.0 Å². The van der Waals surface area contributed by atoms with Gasteiger partial charge in [0.25, 0.3) is 0 Å². The molecule has 0 amide bonds. The van der Waals surface area contributed by atoms with Crippen molar-refractivity contribution in [1.82, 2.24) is 9.78 Å². The van der Waals surface area contributed by atoms with Gasteiger partial charge in [-0.1, -0.05) is 19.1 Å². The highest BCUT2D eigenvalue weighted by Gasteiger charge is 1.97. The number of nitrogens with zero attached hydrogens (tertiary/aromatic N) is 3. The van der Waals surface area contributed by atoms with E-state index >= 15 is 0 Å². The van der Waals surface area contributed by atoms with Crippen LogP contribution in [0.5, 0.6) is 0 Å². The number of hydrogen-bond acceptors (Lipinski definition) is 2. The molecule has 0 radical (unpaired) electrons. The third-order valence-electron chi connectivity index (χ3n) is 2.82. The van der Waals surface area contributed by atoms with Crippen LogP contribution in [0.25, 0.3) is 0 Å². The monoisotopic (exact) mass is 463 g/mol. The summed E-state index contributed by atoms with van der Waals surface area (Å²) >= 11 is 3.35. The highest BCUT2D eigenvalue weighted by atomic mass is 127. The van der Waals surface area contributed by atoms with Gasteiger partial charge in [-0.3, -0.25) is 9.67 Å². The maximum Gasteiger partial charge on any atom is 0.193 e. The van der Waals surface area contributed by atoms with Crippen LogP contribution in [0.1, 0.15) is 12.5 Å². The van der Waals surface area contributed by atoms with Crippen molar-refractivity contribution < 1.29 is 0 Å². The van der Waals surface area contributed by atoms with Crippen molar-refractivity contribution in [1.29, 1.82) is 0 Å². The average molecular weight is 464 g/mol. The zero-order chi connectivity index (χ0) is 14.4. The second-order valence-electron chi connectivity index (χ2n) is 4.37. The number of hydrogen-bond donors (Lipinski definition) is 2. The van der Waals surface area contributed by atoms with E-state index in [0.717, 1.165) is 16.6 Å². The first kappa shape index (κ1) is 18.0. The number of rotatable bonds is 5. The van der Waals surface area contributed by atoms with E-state index in [1.54, 1.807) is 6.20 Å². The van der Waals surface area contributed by atoms with E-state index in [-0.39, 0.29) is 24.0 Å². The molecule has 0 atom stereocenters. The van der Waals surface area contributed by atoms with Gasteiger partial charge in [0.15, 0.2) is 5.96 Å². The van der Waals surface area contributed by atoms with Gasteiger partial charge in [0.1, 0.15) is 0 Å². The van der Waals surface area contributed by atoms with E-state index in [1.165, 1.54) is 5.56 Å². The Bertz CT molecular complexity index is 597. The van der Waals surface area contributed by atoms with E-state index in [1.807, 2.05) is 23.0 Å². The lowest BCUT2D eigenvalue weighted by molar-refractivity contribution is 0.625. The largest absolute Gasteiger partial charge is 0.370 e. The predicted octanol–water partition coefficient (Wildman–Crippen LogP) is 3.25. The molecule has 0 saturated heterocycles. The van der Waals surface area contributed by atoms with Crippen molar-refractivity contribution in [3.63, 3.8) is 0 Å². The summed E-state index contributed by atoms with van der Waals surface area (Å²) in [6.45, 7) is 3.40. The summed E-state index contributed by atoms with van der Waals surface area (Å²) in [6.07, 6.45) is 4.66. The second-order valence-corrected chi connectivity index (χ2v) is 5.28. The summed E-state index contributed by atoms with van der Waals surface area (Å²) in [4.78, 5) is 4.29. The molecule has 7 heteroatoms. The number of nitrogens with two attached hydrogens (primary N) is 1. The van der Waals surface area contributed by atoms with Crippen molar-refractivity contribution in [2.45, 2.75) is 19.9 Å². The van der Waals surface area contributed by atoms with Gasteiger partial charge in [-0.15, -0.1) is 24.0 Å². The normalized spacial score (nSPS) is 11.0. The molecule has 21 heavy (non-hydrogen) atoms. The summed E-state index contributed by atoms with van der Waals surface area (Å²) in [5.74, 6) is 0.421. The van der Waals surface area contributed by atoms with Crippen LogP contribution in [0.3, 0.4) is 0 Å². The lowest BCUT2D eigenvalue weighted by Gasteiger charge is -2.07. The fraction of sp³-hybridized carbons (Fsp3) is 0.286. The molecule has 2 rings (SSSR count). The Kier molecular flexibility index (Phi) is 7.73. The summed E-state index contributed by atoms with van der Waals surface area (Å²) in [6, 6.07) is 8.16. The molecule has 3 N–H and O–H groups in total. The summed E-state index contributed by atoms with van der Waals surface area (Å²) in [5, 5.41) is 7.26. The van der Waals surface area contributed by atoms with Crippen LogP contribution < -0.4 is 11.1 Å². The van der Waals surface area contributed by atoms with Crippen molar-refractivity contribution >= 4 is 51.6 Å². The van der Waals surface area contributed by atoms with E-state index < -0.39 is 0 Å². The first-order valence-electron chi connectivity index (χ1n) is 6.51. The third-order valence-corrected chi connectivity index (χ3v) is 3.23. The number of anilines is 1. The molecule has 0 aliphatic heterocycles. The Morgan fingerprint density at radius 1 is 1.48 bits per heavy atom. The number of guanidine groups is 1. The molecular weight excluding hydrogens is 445 g/mol. The quantitative estimate of drug-likeness (QED) is 0.406. The Labute approximate surface area is 150 Å². The lowest BCUT2D eigenvalue weighted by Crippen LogP contribution is -2.23. The number of aromatic nitrogens is 2. The molecule has 0 aliphatic carbocycles. The number of aliphatic imine (C=N–C) groups is 1. The number of benzene rings is 1. The fourth-order valence-corrected chi connectivity index (χ4v) is 2.12. The average Bonchev–Trinajstić information content (AvgIpc) is 2.84. The number of aryl methyl sites for hydroxylation is 1. The highest BCUT2D eigenvalue weighted by molar-refractivity contribution is 14.0. The second kappa shape index (κ2) is 9.04. The van der Waals surface area contributed by atoms with Gasteiger partial charge in [0, 0.05) is 11.9 Å². The smallest absolute Gasteiger partial charge is 0.193 e. The molecule has 1 heterocycles. The zero-order valence-corrected chi connectivity index (χ0v) is 15.7. The van der Waals surface area contributed by atoms with Gasteiger partial charge in [-0.2, -0.15) is 5.10 Å². The SMILES string of the molecule is CCc1cccc(NC(N)=NCCn2cc(Br)cn2)c1.I. The molecule has 0 saturated carbocycles. The molecular formula is C14H19BrIN5. The van der Waals surface area contributed by atoms with Crippen molar-refractivity contribution in [2.24, 2.45) is 10.7 Å². The third kappa shape index (κ3) is 6.04. The number of nitrogens with one attached hydrogen (secondary N) is 1. The Morgan fingerprint density at radius 2 is 2.29 bits per heavy atom. The summed E-state index contributed by atoms with van der Waals surface area (Å²) in [7, 11) is 0. The Balaban J connectivity index is 0.00000220. The summed E-state index contributed by atoms with van der Waals surface area (Å²) < 4.78 is 2.78. The minimum atomic E-state index is 0. The van der Waals surface area contributed by atoms with Crippen LogP contribution in [-0.2, 0) is 13.0 Å². The molecule has 0 unspecified atom stereocenters. The van der Waals surface area contributed by atoms with Crippen LogP contribution in [0.2, 0.25) is 0 Å². The number of halogens is 2. The molecule has 0 aliphatic rings. The Hall–Kier alpha value is -1.09. The molecule has 114 valence electrons. The van der Waals surface area contributed by atoms with Gasteiger partial charge < -0.3 is 11.1 Å². The van der Waals surface area contributed by atoms with Crippen LogP contribution >= 0.6 is 39.9 Å².